The summed E-state index contributed by atoms with van der Waals surface area (Å²) >= 11 is 0. The van der Waals surface area contributed by atoms with Gasteiger partial charge in [-0.05, 0) is 43.9 Å². The van der Waals surface area contributed by atoms with Crippen LogP contribution in [0.2, 0.25) is 0 Å². The third-order valence-electron chi connectivity index (χ3n) is 4.66. The highest BCUT2D eigenvalue weighted by Gasteiger charge is 2.15. The lowest BCUT2D eigenvalue weighted by atomic mass is 10.00. The molecule has 2 aromatic heterocycles. The number of nitrogens with one attached hydrogen (secondary N) is 1. The number of anilines is 1. The number of nitrogens with zero attached hydrogens (tertiary/aromatic N) is 3. The second kappa shape index (κ2) is 6.55. The Labute approximate surface area is 147 Å². The van der Waals surface area contributed by atoms with Crippen LogP contribution in [0, 0.1) is 20.8 Å². The van der Waals surface area contributed by atoms with Crippen molar-refractivity contribution in [3.63, 3.8) is 0 Å². The molecule has 6 nitrogen and oxygen atoms in total. The summed E-state index contributed by atoms with van der Waals surface area (Å²) in [7, 11) is 0. The van der Waals surface area contributed by atoms with E-state index in [9.17, 15) is 4.79 Å². The Hall–Kier alpha value is -2.89. The topological polar surface area (TPSA) is 85.3 Å². The summed E-state index contributed by atoms with van der Waals surface area (Å²) in [4.78, 5) is 20.6. The number of hydrogen-bond donors (Lipinski definition) is 2. The Balaban J connectivity index is 2.04. The molecule has 0 spiro atoms. The Morgan fingerprint density at radius 1 is 1.24 bits per heavy atom. The molecule has 0 unspecified atom stereocenters. The Morgan fingerprint density at radius 2 is 2.00 bits per heavy atom. The molecule has 3 aromatic rings. The zero-order chi connectivity index (χ0) is 18.1. The van der Waals surface area contributed by atoms with Crippen molar-refractivity contribution in [2.24, 2.45) is 5.73 Å². The zero-order valence-electron chi connectivity index (χ0n) is 15.1. The monoisotopic (exact) mass is 337 g/mol. The van der Waals surface area contributed by atoms with Crippen molar-refractivity contribution in [1.82, 2.24) is 14.4 Å². The van der Waals surface area contributed by atoms with Gasteiger partial charge in [0.05, 0.1) is 5.69 Å². The summed E-state index contributed by atoms with van der Waals surface area (Å²) < 4.78 is 1.86. The molecule has 1 aromatic carbocycles. The maximum Gasteiger partial charge on any atom is 0.268 e. The van der Waals surface area contributed by atoms with E-state index in [1.807, 2.05) is 18.2 Å². The minimum atomic E-state index is -0.555. The number of aryl methyl sites for hydroxylation is 4. The molecule has 1 amide bonds. The number of aromatic nitrogens is 3. The van der Waals surface area contributed by atoms with Gasteiger partial charge in [0, 0.05) is 18.4 Å². The van der Waals surface area contributed by atoms with Crippen LogP contribution >= 0.6 is 0 Å². The van der Waals surface area contributed by atoms with Gasteiger partial charge in [0.2, 0.25) is 0 Å². The lowest BCUT2D eigenvalue weighted by Gasteiger charge is -2.14. The lowest BCUT2D eigenvalue weighted by molar-refractivity contribution is 0.0995. The summed E-state index contributed by atoms with van der Waals surface area (Å²) in [5.74, 6) is 0.0126. The highest BCUT2D eigenvalue weighted by atomic mass is 16.1. The average molecular weight is 337 g/mol. The Morgan fingerprint density at radius 3 is 2.68 bits per heavy atom. The van der Waals surface area contributed by atoms with Crippen molar-refractivity contribution in [2.45, 2.75) is 40.7 Å². The van der Waals surface area contributed by atoms with Crippen LogP contribution in [-0.2, 0) is 13.0 Å². The summed E-state index contributed by atoms with van der Waals surface area (Å²) in [5, 5.41) is 3.35. The molecule has 0 atom stereocenters. The largest absolute Gasteiger partial charge is 0.364 e. The maximum absolute atomic E-state index is 11.6. The number of fused-ring (bicyclic) bond motifs is 1. The van der Waals surface area contributed by atoms with Crippen molar-refractivity contribution in [3.05, 3.63) is 58.2 Å². The van der Waals surface area contributed by atoms with Gasteiger partial charge < -0.3 is 11.1 Å². The number of nitrogens with two attached hydrogens (primary N) is 1. The van der Waals surface area contributed by atoms with Crippen molar-refractivity contribution < 1.29 is 4.79 Å². The summed E-state index contributed by atoms with van der Waals surface area (Å²) in [6, 6.07) is 6.31. The minimum absolute atomic E-state index is 0.219. The van der Waals surface area contributed by atoms with Gasteiger partial charge in [-0.15, -0.1) is 0 Å². The van der Waals surface area contributed by atoms with Gasteiger partial charge in [0.1, 0.15) is 5.69 Å². The van der Waals surface area contributed by atoms with Crippen LogP contribution in [0.4, 0.5) is 5.82 Å². The molecule has 2 heterocycles. The van der Waals surface area contributed by atoms with Crippen LogP contribution in [0.15, 0.2) is 24.4 Å². The molecule has 0 aliphatic heterocycles. The van der Waals surface area contributed by atoms with Gasteiger partial charge in [-0.2, -0.15) is 0 Å². The first-order valence-corrected chi connectivity index (χ1v) is 8.39. The van der Waals surface area contributed by atoms with E-state index in [0.717, 1.165) is 17.8 Å². The first kappa shape index (κ1) is 17.0. The van der Waals surface area contributed by atoms with Crippen molar-refractivity contribution >= 4 is 17.4 Å². The van der Waals surface area contributed by atoms with E-state index in [1.165, 1.54) is 16.7 Å². The van der Waals surface area contributed by atoms with E-state index in [4.69, 9.17) is 5.73 Å². The molecule has 0 radical (unpaired) electrons. The Bertz CT molecular complexity index is 958. The quantitative estimate of drug-likeness (QED) is 0.749. The molecule has 130 valence electrons. The zero-order valence-corrected chi connectivity index (χ0v) is 15.1. The van der Waals surface area contributed by atoms with Crippen LogP contribution in [0.5, 0.6) is 0 Å². The number of primary amides is 1. The van der Waals surface area contributed by atoms with E-state index in [0.29, 0.717) is 18.0 Å². The molecule has 0 aliphatic rings. The van der Waals surface area contributed by atoms with Crippen molar-refractivity contribution in [3.8, 4) is 0 Å². The Kier molecular flexibility index (Phi) is 4.44. The second-order valence-electron chi connectivity index (χ2n) is 6.23. The first-order valence-electron chi connectivity index (χ1n) is 8.39. The third kappa shape index (κ3) is 3.07. The predicted octanol–water partition coefficient (Wildman–Crippen LogP) is 2.93. The number of amides is 1. The molecule has 25 heavy (non-hydrogen) atoms. The summed E-state index contributed by atoms with van der Waals surface area (Å²) in [6.07, 6.45) is 2.61. The van der Waals surface area contributed by atoms with Crippen LogP contribution < -0.4 is 11.1 Å². The average Bonchev–Trinajstić information content (AvgIpc) is 2.88. The summed E-state index contributed by atoms with van der Waals surface area (Å²) in [5.41, 5.74) is 12.0. The number of imidazole rings is 1. The highest BCUT2D eigenvalue weighted by molar-refractivity contribution is 5.91. The van der Waals surface area contributed by atoms with Gasteiger partial charge in [-0.25, -0.2) is 9.97 Å². The summed E-state index contributed by atoms with van der Waals surface area (Å²) in [6.45, 7) is 8.76. The molecule has 0 saturated carbocycles. The van der Waals surface area contributed by atoms with Crippen LogP contribution in [0.3, 0.4) is 0 Å². The van der Waals surface area contributed by atoms with Crippen LogP contribution in [-0.4, -0.2) is 20.3 Å². The van der Waals surface area contributed by atoms with Crippen molar-refractivity contribution in [2.75, 3.05) is 5.32 Å². The van der Waals surface area contributed by atoms with Gasteiger partial charge in [-0.1, -0.05) is 25.1 Å². The molecule has 0 aliphatic carbocycles. The van der Waals surface area contributed by atoms with E-state index in [-0.39, 0.29) is 5.69 Å². The normalized spacial score (nSPS) is 11.0. The van der Waals surface area contributed by atoms with Crippen LogP contribution in [0.1, 0.15) is 45.5 Å². The molecule has 6 heteroatoms. The highest BCUT2D eigenvalue weighted by Crippen LogP contribution is 2.21. The van der Waals surface area contributed by atoms with Gasteiger partial charge >= 0.3 is 0 Å². The van der Waals surface area contributed by atoms with Gasteiger partial charge in [-0.3, -0.25) is 9.20 Å². The van der Waals surface area contributed by atoms with E-state index < -0.39 is 5.91 Å². The number of carbonyl (C=O) groups is 1. The van der Waals surface area contributed by atoms with E-state index in [1.54, 1.807) is 6.20 Å². The number of rotatable bonds is 5. The van der Waals surface area contributed by atoms with E-state index >= 15 is 0 Å². The fourth-order valence-corrected chi connectivity index (χ4v) is 3.03. The molecular weight excluding hydrogens is 314 g/mol. The molecule has 3 rings (SSSR count). The SMILES string of the molecule is CCc1cccc(C)c1CNc1nc(C(N)=O)cn2c(C)c(C)nc12. The fraction of sp³-hybridized carbons (Fsp3) is 0.316. The molecule has 3 N–H and O–H groups in total. The second-order valence-corrected chi connectivity index (χ2v) is 6.23. The number of carbonyl (C=O) groups excluding carboxylic acids is 1. The minimum Gasteiger partial charge on any atom is -0.364 e. The van der Waals surface area contributed by atoms with Crippen LogP contribution in [0.25, 0.3) is 5.65 Å². The molecule has 0 bridgehead atoms. The third-order valence-corrected chi connectivity index (χ3v) is 4.66. The van der Waals surface area contributed by atoms with Gasteiger partial charge in [0.25, 0.3) is 5.91 Å². The fourth-order valence-electron chi connectivity index (χ4n) is 3.03. The molecule has 0 fully saturated rings. The van der Waals surface area contributed by atoms with Gasteiger partial charge in [0.15, 0.2) is 11.5 Å². The number of hydrogen-bond acceptors (Lipinski definition) is 4. The lowest BCUT2D eigenvalue weighted by Crippen LogP contribution is -2.16. The molecular formula is C19H23N5O. The van der Waals surface area contributed by atoms with Crippen molar-refractivity contribution in [1.29, 1.82) is 0 Å². The maximum atomic E-state index is 11.6. The predicted molar refractivity (Wildman–Crippen MR) is 98.9 cm³/mol. The number of benzene rings is 1. The standard InChI is InChI=1S/C19H23N5O/c1-5-14-8-6-7-11(2)15(14)9-21-18-19-22-12(3)13(4)24(19)10-16(23-18)17(20)25/h6-8,10H,5,9H2,1-4H3,(H2,20,25)(H,21,23). The first-order chi connectivity index (χ1) is 11.9. The smallest absolute Gasteiger partial charge is 0.268 e. The van der Waals surface area contributed by atoms with E-state index in [2.05, 4.69) is 47.3 Å². The molecule has 0 saturated heterocycles.